The van der Waals surface area contributed by atoms with Gasteiger partial charge in [0, 0.05) is 42.3 Å². The normalized spacial score (nSPS) is 15.2. The van der Waals surface area contributed by atoms with E-state index in [0.29, 0.717) is 42.0 Å². The van der Waals surface area contributed by atoms with Gasteiger partial charge in [-0.15, -0.1) is 0 Å². The molecule has 170 valence electrons. The molecule has 1 unspecified atom stereocenters. The quantitative estimate of drug-likeness (QED) is 0.478. The molecule has 0 fully saturated rings. The summed E-state index contributed by atoms with van der Waals surface area (Å²) in [6, 6.07) is 3.57. The number of nitrogens with zero attached hydrogens (tertiary/aromatic N) is 2. The summed E-state index contributed by atoms with van der Waals surface area (Å²) in [4.78, 5) is 35.5. The fraction of sp³-hybridized carbons (Fsp3) is 0.381. The number of nitro groups is 1. The number of benzene rings is 1. The van der Waals surface area contributed by atoms with Crippen LogP contribution in [0, 0.1) is 17.0 Å². The van der Waals surface area contributed by atoms with Crippen molar-refractivity contribution in [3.8, 4) is 0 Å². The molecule has 2 N–H and O–H groups in total. The summed E-state index contributed by atoms with van der Waals surface area (Å²) in [6.07, 6.45) is 1.96. The highest BCUT2D eigenvalue weighted by Gasteiger charge is 2.28. The Balaban J connectivity index is 1.82. The zero-order valence-corrected chi connectivity index (χ0v) is 18.6. The Kier molecular flexibility index (Phi) is 7.26. The third kappa shape index (κ3) is 4.97. The molecule has 32 heavy (non-hydrogen) atoms. The fourth-order valence-corrected chi connectivity index (χ4v) is 3.74. The van der Waals surface area contributed by atoms with Crippen LogP contribution in [0.25, 0.3) is 0 Å². The van der Waals surface area contributed by atoms with Crippen molar-refractivity contribution < 1.29 is 23.7 Å². The number of fused-ring (bicyclic) bond motifs is 1. The van der Waals surface area contributed by atoms with Gasteiger partial charge in [0.15, 0.2) is 5.76 Å². The van der Waals surface area contributed by atoms with Gasteiger partial charge >= 0.3 is 0 Å². The van der Waals surface area contributed by atoms with Crippen LogP contribution < -0.4 is 10.7 Å². The second-order valence-corrected chi connectivity index (χ2v) is 7.87. The molecule has 1 heterocycles. The third-order valence-corrected chi connectivity index (χ3v) is 5.34. The third-order valence-electron chi connectivity index (χ3n) is 5.02. The Morgan fingerprint density at radius 1 is 1.34 bits per heavy atom. The van der Waals surface area contributed by atoms with E-state index in [2.05, 4.69) is 15.8 Å². The molecule has 0 aliphatic heterocycles. The summed E-state index contributed by atoms with van der Waals surface area (Å²) < 4.78 is 10.9. The number of aryl methyl sites for hydroxylation is 1. The summed E-state index contributed by atoms with van der Waals surface area (Å²) in [7, 11) is 1.55. The number of carbonyl (C=O) groups excluding carboxylic acids is 2. The number of halogens is 1. The molecule has 2 amide bonds. The second-order valence-electron chi connectivity index (χ2n) is 7.46. The maximum atomic E-state index is 12.6. The zero-order valence-electron chi connectivity index (χ0n) is 17.9. The SMILES string of the molecule is COCC(C)NC(=O)c1oc2c(c1C)/C(=N/NC(=O)c1ccc(Cl)c([N+](=O)[O-])c1)CCC2. The lowest BCUT2D eigenvalue weighted by Crippen LogP contribution is -2.35. The van der Waals surface area contributed by atoms with E-state index in [9.17, 15) is 19.7 Å². The Morgan fingerprint density at radius 3 is 2.78 bits per heavy atom. The molecule has 0 radical (unpaired) electrons. The van der Waals surface area contributed by atoms with E-state index >= 15 is 0 Å². The van der Waals surface area contributed by atoms with Gasteiger partial charge in [-0.2, -0.15) is 5.10 Å². The first-order valence-corrected chi connectivity index (χ1v) is 10.3. The number of methoxy groups -OCH3 is 1. The molecule has 0 bridgehead atoms. The van der Waals surface area contributed by atoms with E-state index in [1.54, 1.807) is 14.0 Å². The highest BCUT2D eigenvalue weighted by molar-refractivity contribution is 6.32. The molecule has 1 aliphatic rings. The Bertz CT molecular complexity index is 1090. The van der Waals surface area contributed by atoms with Gasteiger partial charge in [0.2, 0.25) is 0 Å². The van der Waals surface area contributed by atoms with Crippen molar-refractivity contribution in [3.05, 3.63) is 61.5 Å². The minimum Gasteiger partial charge on any atom is -0.455 e. The van der Waals surface area contributed by atoms with Crippen LogP contribution in [0.5, 0.6) is 0 Å². The highest BCUT2D eigenvalue weighted by Crippen LogP contribution is 2.30. The summed E-state index contributed by atoms with van der Waals surface area (Å²) in [5.41, 5.74) is 4.03. The lowest BCUT2D eigenvalue weighted by atomic mass is 9.93. The van der Waals surface area contributed by atoms with Crippen LogP contribution in [-0.4, -0.2) is 42.2 Å². The first kappa shape index (κ1) is 23.4. The number of carbonyl (C=O) groups is 2. The van der Waals surface area contributed by atoms with Crippen LogP contribution >= 0.6 is 11.6 Å². The Hall–Kier alpha value is -3.24. The largest absolute Gasteiger partial charge is 0.455 e. The highest BCUT2D eigenvalue weighted by atomic mass is 35.5. The summed E-state index contributed by atoms with van der Waals surface area (Å²) in [5.74, 6) is -0.129. The number of nitro benzene ring substituents is 1. The first-order valence-electron chi connectivity index (χ1n) is 9.96. The smallest absolute Gasteiger partial charge is 0.288 e. The van der Waals surface area contributed by atoms with Gasteiger partial charge in [-0.05, 0) is 38.8 Å². The number of hydrazone groups is 1. The van der Waals surface area contributed by atoms with Crippen molar-refractivity contribution >= 4 is 34.8 Å². The summed E-state index contributed by atoms with van der Waals surface area (Å²) >= 11 is 5.79. The molecule has 0 saturated carbocycles. The van der Waals surface area contributed by atoms with Gasteiger partial charge in [0.25, 0.3) is 17.5 Å². The van der Waals surface area contributed by atoms with Crippen molar-refractivity contribution in [2.45, 2.75) is 39.2 Å². The summed E-state index contributed by atoms with van der Waals surface area (Å²) in [5, 5.41) is 18.0. The van der Waals surface area contributed by atoms with Crippen molar-refractivity contribution in [1.82, 2.24) is 10.7 Å². The molecule has 0 spiro atoms. The van der Waals surface area contributed by atoms with Gasteiger partial charge in [-0.1, -0.05) is 11.6 Å². The van der Waals surface area contributed by atoms with Crippen molar-refractivity contribution in [1.29, 1.82) is 0 Å². The average molecular weight is 463 g/mol. The molecule has 2 aromatic rings. The minimum absolute atomic E-state index is 0.0533. The van der Waals surface area contributed by atoms with E-state index in [0.717, 1.165) is 12.5 Å². The first-order chi connectivity index (χ1) is 15.2. The second kappa shape index (κ2) is 9.92. The van der Waals surface area contributed by atoms with Crippen LogP contribution in [0.3, 0.4) is 0 Å². The van der Waals surface area contributed by atoms with Crippen LogP contribution in [-0.2, 0) is 11.2 Å². The van der Waals surface area contributed by atoms with Crippen molar-refractivity contribution in [2.75, 3.05) is 13.7 Å². The van der Waals surface area contributed by atoms with Crippen LogP contribution in [0.15, 0.2) is 27.7 Å². The number of amides is 2. The maximum Gasteiger partial charge on any atom is 0.288 e. The molecule has 1 aromatic carbocycles. The van der Waals surface area contributed by atoms with Gasteiger partial charge < -0.3 is 14.5 Å². The molecule has 3 rings (SSSR count). The maximum absolute atomic E-state index is 12.6. The van der Waals surface area contributed by atoms with E-state index in [1.807, 2.05) is 6.92 Å². The number of nitrogens with one attached hydrogen (secondary N) is 2. The Morgan fingerprint density at radius 2 is 2.09 bits per heavy atom. The number of hydrogen-bond donors (Lipinski definition) is 2. The van der Waals surface area contributed by atoms with E-state index < -0.39 is 10.8 Å². The molecular formula is C21H23ClN4O6. The number of furan rings is 1. The van der Waals surface area contributed by atoms with Gasteiger partial charge in [-0.25, -0.2) is 5.43 Å². The fourth-order valence-electron chi connectivity index (χ4n) is 3.55. The van der Waals surface area contributed by atoms with Gasteiger partial charge in [0.05, 0.1) is 17.2 Å². The van der Waals surface area contributed by atoms with Crippen molar-refractivity contribution in [2.24, 2.45) is 5.10 Å². The van der Waals surface area contributed by atoms with E-state index in [4.69, 9.17) is 20.8 Å². The molecule has 1 atom stereocenters. The van der Waals surface area contributed by atoms with Crippen molar-refractivity contribution in [3.63, 3.8) is 0 Å². The lowest BCUT2D eigenvalue weighted by molar-refractivity contribution is -0.384. The molecular weight excluding hydrogens is 440 g/mol. The summed E-state index contributed by atoms with van der Waals surface area (Å²) in [6.45, 7) is 3.96. The minimum atomic E-state index is -0.659. The topological polar surface area (TPSA) is 136 Å². The van der Waals surface area contributed by atoms with E-state index in [1.165, 1.54) is 12.1 Å². The van der Waals surface area contributed by atoms with Gasteiger partial charge in [-0.3, -0.25) is 19.7 Å². The lowest BCUT2D eigenvalue weighted by Gasteiger charge is -2.13. The predicted molar refractivity (Wildman–Crippen MR) is 117 cm³/mol. The number of ether oxygens (including phenoxy) is 1. The predicted octanol–water partition coefficient (Wildman–Crippen LogP) is 3.38. The van der Waals surface area contributed by atoms with Crippen LogP contribution in [0.4, 0.5) is 5.69 Å². The Labute approximate surface area is 189 Å². The van der Waals surface area contributed by atoms with Crippen LogP contribution in [0.1, 0.15) is 57.6 Å². The molecule has 10 nitrogen and oxygen atoms in total. The zero-order chi connectivity index (χ0) is 23.4. The molecule has 1 aromatic heterocycles. The molecule has 11 heteroatoms. The molecule has 1 aliphatic carbocycles. The van der Waals surface area contributed by atoms with E-state index in [-0.39, 0.29) is 34.0 Å². The average Bonchev–Trinajstić information content (AvgIpc) is 3.09. The number of hydrogen-bond acceptors (Lipinski definition) is 7. The number of rotatable bonds is 7. The molecule has 0 saturated heterocycles. The van der Waals surface area contributed by atoms with Crippen LogP contribution in [0.2, 0.25) is 5.02 Å². The monoisotopic (exact) mass is 462 g/mol. The van der Waals surface area contributed by atoms with Gasteiger partial charge in [0.1, 0.15) is 10.8 Å². The standard InChI is InChI=1S/C21H23ClN4O6/c1-11(10-31-3)23-21(28)19-12(2)18-15(5-4-6-17(18)32-19)24-25-20(27)13-7-8-14(22)16(9-13)26(29)30/h7-9,11H,4-6,10H2,1-3H3,(H,23,28)(H,25,27)/b24-15+.